The van der Waals surface area contributed by atoms with E-state index in [2.05, 4.69) is 5.32 Å². The maximum Gasteiger partial charge on any atom is 0.326 e. The SMILES string of the molecule is CCC[C@@H](N)C(=O)N[C@H](CCO)C(=O)O. The second-order valence-electron chi connectivity index (χ2n) is 3.31. The lowest BCUT2D eigenvalue weighted by molar-refractivity contribution is -0.142. The van der Waals surface area contributed by atoms with Crippen LogP contribution in [-0.4, -0.2) is 40.8 Å². The van der Waals surface area contributed by atoms with E-state index in [1.165, 1.54) is 0 Å². The summed E-state index contributed by atoms with van der Waals surface area (Å²) in [6, 6.07) is -1.75. The lowest BCUT2D eigenvalue weighted by atomic mass is 10.1. The van der Waals surface area contributed by atoms with Crippen molar-refractivity contribution >= 4 is 11.9 Å². The van der Waals surface area contributed by atoms with E-state index >= 15 is 0 Å². The normalized spacial score (nSPS) is 14.3. The number of carbonyl (C=O) groups excluding carboxylic acids is 1. The molecule has 0 aliphatic heterocycles. The molecule has 0 aromatic heterocycles. The zero-order chi connectivity index (χ0) is 11.8. The molecule has 1 amide bonds. The summed E-state index contributed by atoms with van der Waals surface area (Å²) in [5.41, 5.74) is 5.50. The minimum absolute atomic E-state index is 0.0140. The van der Waals surface area contributed by atoms with Gasteiger partial charge in [-0.2, -0.15) is 0 Å². The summed E-state index contributed by atoms with van der Waals surface area (Å²) in [6.07, 6.45) is 1.25. The van der Waals surface area contributed by atoms with Gasteiger partial charge >= 0.3 is 5.97 Å². The van der Waals surface area contributed by atoms with Crippen LogP contribution in [0.2, 0.25) is 0 Å². The molecule has 88 valence electrons. The van der Waals surface area contributed by atoms with E-state index in [4.69, 9.17) is 15.9 Å². The fourth-order valence-electron chi connectivity index (χ4n) is 1.11. The number of nitrogens with two attached hydrogens (primary N) is 1. The summed E-state index contributed by atoms with van der Waals surface area (Å²) in [6.45, 7) is 1.59. The molecule has 0 aliphatic carbocycles. The van der Waals surface area contributed by atoms with Gasteiger partial charge in [0.05, 0.1) is 6.04 Å². The van der Waals surface area contributed by atoms with E-state index in [9.17, 15) is 9.59 Å². The maximum absolute atomic E-state index is 11.3. The van der Waals surface area contributed by atoms with Gasteiger partial charge in [0.2, 0.25) is 5.91 Å². The summed E-state index contributed by atoms with van der Waals surface area (Å²) in [4.78, 5) is 22.0. The molecule has 0 aliphatic rings. The fourth-order valence-corrected chi connectivity index (χ4v) is 1.11. The van der Waals surface area contributed by atoms with Crippen LogP contribution in [0.25, 0.3) is 0 Å². The number of hydrogen-bond acceptors (Lipinski definition) is 4. The number of rotatable bonds is 7. The summed E-state index contributed by atoms with van der Waals surface area (Å²) in [5, 5.41) is 19.6. The van der Waals surface area contributed by atoms with Gasteiger partial charge in [-0.25, -0.2) is 4.79 Å². The van der Waals surface area contributed by atoms with Gasteiger partial charge in [-0.05, 0) is 6.42 Å². The number of aliphatic carboxylic acids is 1. The minimum Gasteiger partial charge on any atom is -0.480 e. The van der Waals surface area contributed by atoms with Crippen LogP contribution in [0.4, 0.5) is 0 Å². The van der Waals surface area contributed by atoms with E-state index in [0.29, 0.717) is 6.42 Å². The summed E-state index contributed by atoms with van der Waals surface area (Å²) in [7, 11) is 0. The molecule has 0 radical (unpaired) electrons. The van der Waals surface area contributed by atoms with Crippen molar-refractivity contribution in [2.75, 3.05) is 6.61 Å². The standard InChI is InChI=1S/C9H18N2O4/c1-2-3-6(10)8(13)11-7(4-5-12)9(14)15/h6-7,12H,2-5,10H2,1H3,(H,11,13)(H,14,15)/t6-,7-/m1/s1. The van der Waals surface area contributed by atoms with Crippen molar-refractivity contribution in [1.82, 2.24) is 5.32 Å². The zero-order valence-electron chi connectivity index (χ0n) is 8.77. The van der Waals surface area contributed by atoms with Gasteiger partial charge in [0, 0.05) is 13.0 Å². The van der Waals surface area contributed by atoms with Gasteiger partial charge < -0.3 is 21.3 Å². The van der Waals surface area contributed by atoms with E-state index in [1.807, 2.05) is 6.92 Å². The van der Waals surface area contributed by atoms with E-state index in [1.54, 1.807) is 0 Å². The number of nitrogens with one attached hydrogen (secondary N) is 1. The molecule has 6 heteroatoms. The Kier molecular flexibility index (Phi) is 6.64. The van der Waals surface area contributed by atoms with Crippen LogP contribution in [0.15, 0.2) is 0 Å². The first-order valence-corrected chi connectivity index (χ1v) is 4.92. The lowest BCUT2D eigenvalue weighted by Gasteiger charge is -2.16. The van der Waals surface area contributed by atoms with Gasteiger partial charge in [0.15, 0.2) is 0 Å². The number of carbonyl (C=O) groups is 2. The molecule has 0 fully saturated rings. The second kappa shape index (κ2) is 7.19. The predicted octanol–water partition coefficient (Wildman–Crippen LogP) is -0.934. The molecular weight excluding hydrogens is 200 g/mol. The van der Waals surface area contributed by atoms with Crippen LogP contribution in [0.1, 0.15) is 26.2 Å². The minimum atomic E-state index is -1.17. The third kappa shape index (κ3) is 5.34. The number of carboxylic acids is 1. The van der Waals surface area contributed by atoms with E-state index < -0.39 is 24.0 Å². The summed E-state index contributed by atoms with van der Waals surface area (Å²) in [5.74, 6) is -1.65. The average Bonchev–Trinajstić information content (AvgIpc) is 2.17. The molecule has 0 aromatic carbocycles. The molecule has 0 spiro atoms. The van der Waals surface area contributed by atoms with Crippen LogP contribution in [0.3, 0.4) is 0 Å². The van der Waals surface area contributed by atoms with Gasteiger partial charge in [-0.15, -0.1) is 0 Å². The lowest BCUT2D eigenvalue weighted by Crippen LogP contribution is -2.48. The smallest absolute Gasteiger partial charge is 0.326 e. The molecule has 0 rings (SSSR count). The van der Waals surface area contributed by atoms with Crippen molar-refractivity contribution in [2.45, 2.75) is 38.3 Å². The van der Waals surface area contributed by atoms with Crippen LogP contribution in [-0.2, 0) is 9.59 Å². The Bertz CT molecular complexity index is 220. The van der Waals surface area contributed by atoms with Gasteiger partial charge in [0.1, 0.15) is 6.04 Å². The number of carboxylic acid groups (broad SMARTS) is 1. The fraction of sp³-hybridized carbons (Fsp3) is 0.778. The highest BCUT2D eigenvalue weighted by molar-refractivity contribution is 5.86. The van der Waals surface area contributed by atoms with Crippen LogP contribution < -0.4 is 11.1 Å². The molecular formula is C9H18N2O4. The maximum atomic E-state index is 11.3. The van der Waals surface area contributed by atoms with Crippen LogP contribution in [0.5, 0.6) is 0 Å². The van der Waals surface area contributed by atoms with Crippen molar-refractivity contribution in [3.05, 3.63) is 0 Å². The monoisotopic (exact) mass is 218 g/mol. The van der Waals surface area contributed by atoms with Crippen molar-refractivity contribution in [2.24, 2.45) is 5.73 Å². The van der Waals surface area contributed by atoms with Crippen molar-refractivity contribution < 1.29 is 19.8 Å². The molecule has 6 nitrogen and oxygen atoms in total. The highest BCUT2D eigenvalue weighted by atomic mass is 16.4. The Hall–Kier alpha value is -1.14. The Morgan fingerprint density at radius 2 is 2.00 bits per heavy atom. The van der Waals surface area contributed by atoms with Crippen molar-refractivity contribution in [1.29, 1.82) is 0 Å². The number of amides is 1. The Morgan fingerprint density at radius 1 is 1.40 bits per heavy atom. The van der Waals surface area contributed by atoms with Gasteiger partial charge in [0.25, 0.3) is 0 Å². The average molecular weight is 218 g/mol. The Balaban J connectivity index is 4.15. The topological polar surface area (TPSA) is 113 Å². The zero-order valence-corrected chi connectivity index (χ0v) is 8.77. The first-order chi connectivity index (χ1) is 7.02. The quantitative estimate of drug-likeness (QED) is 0.441. The summed E-state index contributed by atoms with van der Waals surface area (Å²) < 4.78 is 0. The number of hydrogen-bond donors (Lipinski definition) is 4. The molecule has 0 aromatic rings. The molecule has 15 heavy (non-hydrogen) atoms. The first kappa shape index (κ1) is 13.9. The molecule has 0 saturated heterocycles. The molecule has 2 atom stereocenters. The number of aliphatic hydroxyl groups is 1. The Labute approximate surface area is 88.5 Å². The van der Waals surface area contributed by atoms with Crippen molar-refractivity contribution in [3.63, 3.8) is 0 Å². The van der Waals surface area contributed by atoms with E-state index in [-0.39, 0.29) is 13.0 Å². The Morgan fingerprint density at radius 3 is 2.40 bits per heavy atom. The highest BCUT2D eigenvalue weighted by Gasteiger charge is 2.21. The third-order valence-electron chi connectivity index (χ3n) is 1.97. The first-order valence-electron chi connectivity index (χ1n) is 4.92. The van der Waals surface area contributed by atoms with Crippen molar-refractivity contribution in [3.8, 4) is 0 Å². The highest BCUT2D eigenvalue weighted by Crippen LogP contribution is 1.96. The molecule has 0 saturated carbocycles. The van der Waals surface area contributed by atoms with E-state index in [0.717, 1.165) is 6.42 Å². The van der Waals surface area contributed by atoms with Gasteiger partial charge in [-0.3, -0.25) is 4.79 Å². The molecule has 0 unspecified atom stereocenters. The van der Waals surface area contributed by atoms with Crippen LogP contribution in [0, 0.1) is 0 Å². The second-order valence-corrected chi connectivity index (χ2v) is 3.31. The number of aliphatic hydroxyl groups excluding tert-OH is 1. The van der Waals surface area contributed by atoms with Gasteiger partial charge in [-0.1, -0.05) is 13.3 Å². The van der Waals surface area contributed by atoms with Crippen LogP contribution >= 0.6 is 0 Å². The largest absolute Gasteiger partial charge is 0.480 e. The summed E-state index contributed by atoms with van der Waals surface area (Å²) >= 11 is 0. The molecule has 5 N–H and O–H groups in total. The molecule has 0 bridgehead atoms. The third-order valence-corrected chi connectivity index (χ3v) is 1.97. The molecule has 0 heterocycles. The predicted molar refractivity (Wildman–Crippen MR) is 54.2 cm³/mol.